The number of rotatable bonds is 11. The Labute approximate surface area is 115 Å². The van der Waals surface area contributed by atoms with Gasteiger partial charge in [0.25, 0.3) is 0 Å². The Morgan fingerprint density at radius 1 is 1.06 bits per heavy atom. The number of hydrogen-bond acceptors (Lipinski definition) is 2. The fraction of sp³-hybridized carbons (Fsp3) is 1.00. The van der Waals surface area contributed by atoms with Gasteiger partial charge in [0.2, 0.25) is 0 Å². The van der Waals surface area contributed by atoms with Gasteiger partial charge in [0, 0.05) is 10.2 Å². The Morgan fingerprint density at radius 3 is 2.12 bits per heavy atom. The number of unbranched alkanes of at least 4 members (excludes halogenated alkanes) is 6. The molecule has 0 aliphatic heterocycles. The second kappa shape index (κ2) is 10.3. The van der Waals surface area contributed by atoms with E-state index in [0.29, 0.717) is 11.4 Å². The number of halogens is 1. The van der Waals surface area contributed by atoms with E-state index >= 15 is 0 Å². The predicted octanol–water partition coefficient (Wildman–Crippen LogP) is 5.41. The van der Waals surface area contributed by atoms with Gasteiger partial charge in [-0.1, -0.05) is 81.6 Å². The maximum absolute atomic E-state index is 8.52. The van der Waals surface area contributed by atoms with E-state index in [0.717, 1.165) is 6.42 Å². The van der Waals surface area contributed by atoms with Gasteiger partial charge in [-0.05, 0) is 6.42 Å². The average molecular weight is 309 g/mol. The summed E-state index contributed by atoms with van der Waals surface area (Å²) in [5, 5.41) is 8.52. The quantitative estimate of drug-likeness (QED) is 0.239. The van der Waals surface area contributed by atoms with Crippen molar-refractivity contribution in [2.24, 2.45) is 5.41 Å². The van der Waals surface area contributed by atoms with Crippen LogP contribution in [0.2, 0.25) is 0 Å². The second-order valence-corrected chi connectivity index (χ2v) is 6.74. The van der Waals surface area contributed by atoms with E-state index in [4.69, 9.17) is 5.26 Å². The summed E-state index contributed by atoms with van der Waals surface area (Å²) < 4.78 is 0. The van der Waals surface area contributed by atoms with Crippen LogP contribution in [0.1, 0.15) is 72.1 Å². The van der Waals surface area contributed by atoms with E-state index in [-0.39, 0.29) is 5.41 Å². The summed E-state index contributed by atoms with van der Waals surface area (Å²) in [5.41, 5.74) is -0.00302. The van der Waals surface area contributed by atoms with Crippen molar-refractivity contribution in [3.63, 3.8) is 0 Å². The maximum Gasteiger partial charge on any atom is 0.0881 e. The summed E-state index contributed by atoms with van der Waals surface area (Å²) in [5.74, 6) is 0. The third-order valence-corrected chi connectivity index (χ3v) is 5.04. The van der Waals surface area contributed by atoms with Crippen LogP contribution < -0.4 is 0 Å². The highest BCUT2D eigenvalue weighted by atomic mass is 79.9. The standard InChI is InChI=1S/C14H29BrO2/c1-4-5-6-7-8-9-10-11-13(15)14(2,3)12-17-16/h13,16H,4-12H2,1-3H3. The smallest absolute Gasteiger partial charge is 0.0881 e. The van der Waals surface area contributed by atoms with Gasteiger partial charge in [-0.2, -0.15) is 0 Å². The van der Waals surface area contributed by atoms with Gasteiger partial charge in [-0.25, -0.2) is 4.89 Å². The first-order chi connectivity index (χ1) is 8.04. The largest absolute Gasteiger partial charge is 0.252 e. The molecular formula is C14H29BrO2. The molecule has 0 rings (SSSR count). The van der Waals surface area contributed by atoms with Crippen LogP contribution in [0.3, 0.4) is 0 Å². The first kappa shape index (κ1) is 17.4. The molecule has 17 heavy (non-hydrogen) atoms. The van der Waals surface area contributed by atoms with Crippen molar-refractivity contribution in [3.05, 3.63) is 0 Å². The molecule has 0 saturated heterocycles. The highest BCUT2D eigenvalue weighted by Gasteiger charge is 2.27. The molecular weight excluding hydrogens is 280 g/mol. The minimum Gasteiger partial charge on any atom is -0.252 e. The Balaban J connectivity index is 3.47. The molecule has 2 nitrogen and oxygen atoms in total. The van der Waals surface area contributed by atoms with E-state index in [2.05, 4.69) is 41.6 Å². The maximum atomic E-state index is 8.52. The highest BCUT2D eigenvalue weighted by molar-refractivity contribution is 9.09. The Hall–Kier alpha value is 0.400. The van der Waals surface area contributed by atoms with Gasteiger partial charge in [0.1, 0.15) is 0 Å². The summed E-state index contributed by atoms with van der Waals surface area (Å²) in [6.07, 6.45) is 10.6. The van der Waals surface area contributed by atoms with Crippen LogP contribution in [0.25, 0.3) is 0 Å². The van der Waals surface area contributed by atoms with E-state index in [1.165, 1.54) is 44.9 Å². The van der Waals surface area contributed by atoms with Crippen LogP contribution in [0.5, 0.6) is 0 Å². The van der Waals surface area contributed by atoms with Gasteiger partial charge >= 0.3 is 0 Å². The first-order valence-corrected chi connectivity index (χ1v) is 7.86. The monoisotopic (exact) mass is 308 g/mol. The third-order valence-electron chi connectivity index (χ3n) is 3.35. The minimum absolute atomic E-state index is 0.00302. The lowest BCUT2D eigenvalue weighted by atomic mass is 9.87. The molecule has 1 atom stereocenters. The predicted molar refractivity (Wildman–Crippen MR) is 77.7 cm³/mol. The highest BCUT2D eigenvalue weighted by Crippen LogP contribution is 2.31. The molecule has 0 aromatic carbocycles. The topological polar surface area (TPSA) is 29.5 Å². The molecule has 0 aromatic rings. The van der Waals surface area contributed by atoms with Crippen molar-refractivity contribution in [2.75, 3.05) is 6.61 Å². The molecule has 0 aliphatic rings. The van der Waals surface area contributed by atoms with E-state index < -0.39 is 0 Å². The zero-order valence-corrected chi connectivity index (χ0v) is 13.3. The van der Waals surface area contributed by atoms with Crippen molar-refractivity contribution < 1.29 is 10.1 Å². The van der Waals surface area contributed by atoms with E-state index in [9.17, 15) is 0 Å². The van der Waals surface area contributed by atoms with Gasteiger partial charge < -0.3 is 0 Å². The summed E-state index contributed by atoms with van der Waals surface area (Å²) in [6.45, 7) is 6.87. The zero-order valence-electron chi connectivity index (χ0n) is 11.7. The fourth-order valence-corrected chi connectivity index (χ4v) is 2.38. The number of hydrogen-bond donors (Lipinski definition) is 1. The molecule has 0 saturated carbocycles. The SMILES string of the molecule is CCCCCCCCCC(Br)C(C)(C)COO. The molecule has 0 spiro atoms. The molecule has 0 aromatic heterocycles. The van der Waals surface area contributed by atoms with Crippen molar-refractivity contribution in [3.8, 4) is 0 Å². The van der Waals surface area contributed by atoms with E-state index in [1.54, 1.807) is 0 Å². The molecule has 1 N–H and O–H groups in total. The summed E-state index contributed by atoms with van der Waals surface area (Å²) >= 11 is 3.70. The normalized spacial score (nSPS) is 13.9. The fourth-order valence-electron chi connectivity index (χ4n) is 1.93. The van der Waals surface area contributed by atoms with Crippen molar-refractivity contribution in [1.29, 1.82) is 0 Å². The summed E-state index contributed by atoms with van der Waals surface area (Å²) in [4.78, 5) is 4.68. The van der Waals surface area contributed by atoms with Gasteiger partial charge in [0.15, 0.2) is 0 Å². The van der Waals surface area contributed by atoms with Gasteiger partial charge in [0.05, 0.1) is 6.61 Å². The van der Waals surface area contributed by atoms with E-state index in [1.807, 2.05) is 0 Å². The van der Waals surface area contributed by atoms with Crippen LogP contribution in [0, 0.1) is 5.41 Å². The van der Waals surface area contributed by atoms with Crippen molar-refractivity contribution in [2.45, 2.75) is 77.0 Å². The molecule has 3 heteroatoms. The molecule has 0 aliphatic carbocycles. The molecule has 0 heterocycles. The van der Waals surface area contributed by atoms with Gasteiger partial charge in [-0.3, -0.25) is 5.26 Å². The van der Waals surface area contributed by atoms with Gasteiger partial charge in [-0.15, -0.1) is 0 Å². The Kier molecular flexibility index (Phi) is 10.6. The summed E-state index contributed by atoms with van der Waals surface area (Å²) in [7, 11) is 0. The van der Waals surface area contributed by atoms with Crippen LogP contribution in [-0.2, 0) is 4.89 Å². The lowest BCUT2D eigenvalue weighted by Gasteiger charge is -2.28. The Morgan fingerprint density at radius 2 is 1.59 bits per heavy atom. The molecule has 0 radical (unpaired) electrons. The number of alkyl halides is 1. The third kappa shape index (κ3) is 9.04. The zero-order chi connectivity index (χ0) is 13.1. The molecule has 1 unspecified atom stereocenters. The Bertz CT molecular complexity index is 172. The lowest BCUT2D eigenvalue weighted by molar-refractivity contribution is -0.259. The molecule has 0 amide bonds. The van der Waals surface area contributed by atoms with Crippen molar-refractivity contribution >= 4 is 15.9 Å². The summed E-state index contributed by atoms with van der Waals surface area (Å²) in [6, 6.07) is 0. The van der Waals surface area contributed by atoms with Crippen molar-refractivity contribution in [1.82, 2.24) is 0 Å². The molecule has 0 bridgehead atoms. The minimum atomic E-state index is -0.00302. The van der Waals surface area contributed by atoms with Crippen LogP contribution in [0.4, 0.5) is 0 Å². The van der Waals surface area contributed by atoms with Crippen LogP contribution in [-0.4, -0.2) is 16.7 Å². The average Bonchev–Trinajstić information content (AvgIpc) is 2.27. The lowest BCUT2D eigenvalue weighted by Crippen LogP contribution is -2.29. The van der Waals surface area contributed by atoms with Crippen LogP contribution >= 0.6 is 15.9 Å². The molecule has 104 valence electrons. The first-order valence-electron chi connectivity index (χ1n) is 6.95. The van der Waals surface area contributed by atoms with Crippen LogP contribution in [0.15, 0.2) is 0 Å². The second-order valence-electron chi connectivity index (χ2n) is 5.64. The molecule has 0 fully saturated rings.